The highest BCUT2D eigenvalue weighted by molar-refractivity contribution is 5.59. The molecule has 0 saturated carbocycles. The molecule has 4 nitrogen and oxygen atoms in total. The molecule has 0 amide bonds. The summed E-state index contributed by atoms with van der Waals surface area (Å²) in [6, 6.07) is 2.83. The van der Waals surface area contributed by atoms with Crippen molar-refractivity contribution in [2.45, 2.75) is 6.18 Å². The second-order valence-corrected chi connectivity index (χ2v) is 2.50. The lowest BCUT2D eigenvalue weighted by atomic mass is 10.1. The molecule has 0 spiro atoms. The zero-order valence-electron chi connectivity index (χ0n) is 6.71. The van der Waals surface area contributed by atoms with E-state index in [0.717, 1.165) is 18.2 Å². The minimum atomic E-state index is -4.81. The quantitative estimate of drug-likeness (QED) is 0.435. The molecule has 0 atom stereocenters. The fourth-order valence-corrected chi connectivity index (χ4v) is 1.02. The smallest absolute Gasteiger partial charge is 0.398 e. The van der Waals surface area contributed by atoms with Crippen LogP contribution in [-0.4, -0.2) is 4.92 Å². The first-order valence-corrected chi connectivity index (χ1v) is 3.44. The van der Waals surface area contributed by atoms with Crippen molar-refractivity contribution in [1.82, 2.24) is 0 Å². The van der Waals surface area contributed by atoms with Gasteiger partial charge in [-0.3, -0.25) is 10.1 Å². The SMILES string of the molecule is Nc1cccc([N+](=O)[O-])c1C(F)(F)F. The Balaban J connectivity index is 3.45. The lowest BCUT2D eigenvalue weighted by Crippen LogP contribution is -2.11. The predicted molar refractivity (Wildman–Crippen MR) is 42.5 cm³/mol. The second-order valence-electron chi connectivity index (χ2n) is 2.50. The number of halogens is 3. The Bertz CT molecular complexity index is 376. The van der Waals surface area contributed by atoms with E-state index >= 15 is 0 Å². The topological polar surface area (TPSA) is 69.2 Å². The zero-order chi connectivity index (χ0) is 10.9. The van der Waals surface area contributed by atoms with Crippen molar-refractivity contribution in [3.63, 3.8) is 0 Å². The Hall–Kier alpha value is -1.79. The highest BCUT2D eigenvalue weighted by atomic mass is 19.4. The standard InChI is InChI=1S/C7H5F3N2O2/c8-7(9,10)6-4(11)2-1-3-5(6)12(13)14/h1-3H,11H2. The van der Waals surface area contributed by atoms with Crippen LogP contribution in [0.3, 0.4) is 0 Å². The minimum absolute atomic E-state index is 0.647. The number of hydrogen-bond donors (Lipinski definition) is 1. The van der Waals surface area contributed by atoms with Crippen LogP contribution in [0.4, 0.5) is 24.5 Å². The third-order valence-electron chi connectivity index (χ3n) is 1.55. The molecule has 0 bridgehead atoms. The normalized spacial score (nSPS) is 11.4. The van der Waals surface area contributed by atoms with Gasteiger partial charge in [0.05, 0.1) is 10.6 Å². The molecule has 0 aliphatic carbocycles. The number of benzene rings is 1. The molecular weight excluding hydrogens is 201 g/mol. The van der Waals surface area contributed by atoms with Gasteiger partial charge in [-0.05, 0) is 6.07 Å². The number of anilines is 1. The van der Waals surface area contributed by atoms with E-state index in [0.29, 0.717) is 0 Å². The van der Waals surface area contributed by atoms with Crippen molar-refractivity contribution < 1.29 is 18.1 Å². The van der Waals surface area contributed by atoms with Crippen LogP contribution in [0.5, 0.6) is 0 Å². The third kappa shape index (κ3) is 1.76. The van der Waals surface area contributed by atoms with Crippen LogP contribution in [0.15, 0.2) is 18.2 Å². The van der Waals surface area contributed by atoms with Gasteiger partial charge < -0.3 is 5.73 Å². The summed E-state index contributed by atoms with van der Waals surface area (Å²) in [6.07, 6.45) is -4.81. The van der Waals surface area contributed by atoms with Crippen molar-refractivity contribution >= 4 is 11.4 Å². The van der Waals surface area contributed by atoms with E-state index in [-0.39, 0.29) is 0 Å². The molecule has 0 radical (unpaired) electrons. The summed E-state index contributed by atoms with van der Waals surface area (Å²) in [5, 5.41) is 10.3. The van der Waals surface area contributed by atoms with Crippen LogP contribution < -0.4 is 5.73 Å². The van der Waals surface area contributed by atoms with Crippen LogP contribution in [0.2, 0.25) is 0 Å². The third-order valence-corrected chi connectivity index (χ3v) is 1.55. The monoisotopic (exact) mass is 206 g/mol. The van der Waals surface area contributed by atoms with Crippen LogP contribution in [0.1, 0.15) is 5.56 Å². The molecule has 0 aliphatic rings. The Morgan fingerprint density at radius 2 is 1.93 bits per heavy atom. The Kier molecular flexibility index (Phi) is 2.33. The van der Waals surface area contributed by atoms with Crippen molar-refractivity contribution in [2.24, 2.45) is 0 Å². The first kappa shape index (κ1) is 10.3. The van der Waals surface area contributed by atoms with E-state index in [9.17, 15) is 23.3 Å². The van der Waals surface area contributed by atoms with Crippen molar-refractivity contribution in [2.75, 3.05) is 5.73 Å². The first-order valence-electron chi connectivity index (χ1n) is 3.44. The van der Waals surface area contributed by atoms with Crippen molar-refractivity contribution in [3.05, 3.63) is 33.9 Å². The number of nitrogen functional groups attached to an aromatic ring is 1. The van der Waals surface area contributed by atoms with E-state index in [2.05, 4.69) is 0 Å². The Morgan fingerprint density at radius 3 is 2.29 bits per heavy atom. The Labute approximate surface area is 76.3 Å². The molecule has 1 aromatic rings. The van der Waals surface area contributed by atoms with Crippen molar-refractivity contribution in [1.29, 1.82) is 0 Å². The van der Waals surface area contributed by atoms with E-state index in [1.165, 1.54) is 0 Å². The highest BCUT2D eigenvalue weighted by Crippen LogP contribution is 2.39. The average Bonchev–Trinajstić information content (AvgIpc) is 2.01. The molecule has 1 aromatic carbocycles. The van der Waals surface area contributed by atoms with Gasteiger partial charge >= 0.3 is 6.18 Å². The maximum absolute atomic E-state index is 12.3. The van der Waals surface area contributed by atoms with Crippen LogP contribution >= 0.6 is 0 Å². The van der Waals surface area contributed by atoms with Gasteiger partial charge in [0.2, 0.25) is 0 Å². The van der Waals surface area contributed by atoms with Crippen LogP contribution in [-0.2, 0) is 6.18 Å². The summed E-state index contributed by atoms with van der Waals surface area (Å²) in [7, 11) is 0. The molecule has 1 rings (SSSR count). The molecule has 7 heteroatoms. The fourth-order valence-electron chi connectivity index (χ4n) is 1.02. The molecule has 0 unspecified atom stereocenters. The molecule has 2 N–H and O–H groups in total. The number of nitro benzene ring substituents is 1. The van der Waals surface area contributed by atoms with Crippen LogP contribution in [0.25, 0.3) is 0 Å². The summed E-state index contributed by atoms with van der Waals surface area (Å²) >= 11 is 0. The molecule has 0 aliphatic heterocycles. The summed E-state index contributed by atoms with van der Waals surface area (Å²) in [5.74, 6) is 0. The number of hydrogen-bond acceptors (Lipinski definition) is 3. The minimum Gasteiger partial charge on any atom is -0.398 e. The van der Waals surface area contributed by atoms with E-state index in [4.69, 9.17) is 5.73 Å². The molecular formula is C7H5F3N2O2. The number of nitrogens with zero attached hydrogens (tertiary/aromatic N) is 1. The van der Waals surface area contributed by atoms with E-state index < -0.39 is 28.0 Å². The van der Waals surface area contributed by atoms with Gasteiger partial charge in [-0.2, -0.15) is 13.2 Å². The second kappa shape index (κ2) is 3.17. The van der Waals surface area contributed by atoms with E-state index in [1.54, 1.807) is 0 Å². The lowest BCUT2D eigenvalue weighted by molar-refractivity contribution is -0.387. The van der Waals surface area contributed by atoms with Crippen LogP contribution in [0, 0.1) is 10.1 Å². The van der Waals surface area contributed by atoms with Gasteiger partial charge in [0.15, 0.2) is 5.56 Å². The molecule has 0 aromatic heterocycles. The van der Waals surface area contributed by atoms with Gasteiger partial charge in [0.1, 0.15) is 0 Å². The van der Waals surface area contributed by atoms with Gasteiger partial charge in [0.25, 0.3) is 5.69 Å². The average molecular weight is 206 g/mol. The Morgan fingerprint density at radius 1 is 1.36 bits per heavy atom. The molecule has 76 valence electrons. The predicted octanol–water partition coefficient (Wildman–Crippen LogP) is 2.20. The van der Waals surface area contributed by atoms with Gasteiger partial charge in [0, 0.05) is 6.07 Å². The summed E-state index contributed by atoms with van der Waals surface area (Å²) in [6.45, 7) is 0. The number of rotatable bonds is 1. The highest BCUT2D eigenvalue weighted by Gasteiger charge is 2.40. The van der Waals surface area contributed by atoms with Crippen molar-refractivity contribution in [3.8, 4) is 0 Å². The van der Waals surface area contributed by atoms with E-state index in [1.807, 2.05) is 0 Å². The maximum Gasteiger partial charge on any atom is 0.425 e. The van der Waals surface area contributed by atoms with Gasteiger partial charge in [-0.15, -0.1) is 0 Å². The largest absolute Gasteiger partial charge is 0.425 e. The zero-order valence-corrected chi connectivity index (χ0v) is 6.71. The van der Waals surface area contributed by atoms with Gasteiger partial charge in [-0.1, -0.05) is 6.07 Å². The molecule has 0 heterocycles. The summed E-state index contributed by atoms with van der Waals surface area (Å²) in [5.41, 5.74) is 1.95. The maximum atomic E-state index is 12.3. The molecule has 0 fully saturated rings. The lowest BCUT2D eigenvalue weighted by Gasteiger charge is -2.09. The fraction of sp³-hybridized carbons (Fsp3) is 0.143. The molecule has 14 heavy (non-hydrogen) atoms. The van der Waals surface area contributed by atoms with Gasteiger partial charge in [-0.25, -0.2) is 0 Å². The number of nitrogens with two attached hydrogens (primary N) is 1. The number of nitro groups is 1. The molecule has 0 saturated heterocycles. The number of alkyl halides is 3. The summed E-state index contributed by atoms with van der Waals surface area (Å²) in [4.78, 5) is 9.16. The first-order chi connectivity index (χ1) is 6.34. The summed E-state index contributed by atoms with van der Waals surface area (Å²) < 4.78 is 36.9.